The minimum Gasteiger partial charge on any atom is -0.375 e. The van der Waals surface area contributed by atoms with E-state index < -0.39 is 12.7 Å². The third kappa shape index (κ3) is 5.88. The lowest BCUT2D eigenvalue weighted by atomic mass is 10.1. The van der Waals surface area contributed by atoms with E-state index in [1.54, 1.807) is 0 Å². The lowest BCUT2D eigenvalue weighted by Crippen LogP contribution is -2.35. The molecule has 17 heavy (non-hydrogen) atoms. The highest BCUT2D eigenvalue weighted by Crippen LogP contribution is 2.22. The fourth-order valence-corrected chi connectivity index (χ4v) is 1.92. The summed E-state index contributed by atoms with van der Waals surface area (Å²) in [6.07, 6.45) is -3.46. The Morgan fingerprint density at radius 1 is 1.53 bits per heavy atom. The Balaban J connectivity index is 2.20. The van der Waals surface area contributed by atoms with Gasteiger partial charge in [0.1, 0.15) is 6.61 Å². The Hall–Kier alpha value is -0.820. The molecule has 0 aliphatic carbocycles. The smallest absolute Gasteiger partial charge is 0.375 e. The van der Waals surface area contributed by atoms with Crippen molar-refractivity contribution in [3.05, 3.63) is 0 Å². The van der Waals surface area contributed by atoms with E-state index in [4.69, 9.17) is 0 Å². The zero-order chi connectivity index (χ0) is 12.9. The van der Waals surface area contributed by atoms with Gasteiger partial charge in [-0.15, -0.1) is 0 Å². The summed E-state index contributed by atoms with van der Waals surface area (Å²) in [5.41, 5.74) is 0. The molecule has 100 valence electrons. The SMILES string of the molecule is COCC(=O)NCC1CCN(CC(F)(F)F)C1. The van der Waals surface area contributed by atoms with Gasteiger partial charge < -0.3 is 10.1 Å². The first kappa shape index (κ1) is 14.2. The number of ether oxygens (including phenoxy) is 1. The van der Waals surface area contributed by atoms with E-state index in [2.05, 4.69) is 10.1 Å². The van der Waals surface area contributed by atoms with Gasteiger partial charge in [-0.05, 0) is 18.9 Å². The van der Waals surface area contributed by atoms with Gasteiger partial charge >= 0.3 is 6.18 Å². The number of amides is 1. The molecule has 1 amide bonds. The lowest BCUT2D eigenvalue weighted by Gasteiger charge is -2.17. The summed E-state index contributed by atoms with van der Waals surface area (Å²) in [6, 6.07) is 0. The van der Waals surface area contributed by atoms with E-state index in [1.165, 1.54) is 12.0 Å². The Labute approximate surface area is 98.1 Å². The molecule has 1 aliphatic heterocycles. The number of halogens is 3. The second-order valence-electron chi connectivity index (χ2n) is 4.24. The van der Waals surface area contributed by atoms with Crippen LogP contribution in [0.2, 0.25) is 0 Å². The Morgan fingerprint density at radius 2 is 2.24 bits per heavy atom. The van der Waals surface area contributed by atoms with Crippen LogP contribution < -0.4 is 5.32 Å². The molecule has 1 rings (SSSR count). The van der Waals surface area contributed by atoms with Gasteiger partial charge in [0.25, 0.3) is 0 Å². The average molecular weight is 254 g/mol. The molecule has 0 aromatic heterocycles. The van der Waals surface area contributed by atoms with Gasteiger partial charge in [0.2, 0.25) is 5.91 Å². The molecule has 1 heterocycles. The molecule has 4 nitrogen and oxygen atoms in total. The van der Waals surface area contributed by atoms with Gasteiger partial charge in [0.15, 0.2) is 0 Å². The summed E-state index contributed by atoms with van der Waals surface area (Å²) in [7, 11) is 1.42. The van der Waals surface area contributed by atoms with Crippen LogP contribution in [0.5, 0.6) is 0 Å². The Bertz CT molecular complexity index is 258. The Morgan fingerprint density at radius 3 is 2.82 bits per heavy atom. The van der Waals surface area contributed by atoms with Crippen LogP contribution in [0, 0.1) is 5.92 Å². The maximum atomic E-state index is 12.1. The van der Waals surface area contributed by atoms with Crippen molar-refractivity contribution in [2.75, 3.05) is 39.9 Å². The molecule has 0 spiro atoms. The number of alkyl halides is 3. The fraction of sp³-hybridized carbons (Fsp3) is 0.900. The van der Waals surface area contributed by atoms with E-state index in [0.29, 0.717) is 26.1 Å². The topological polar surface area (TPSA) is 41.6 Å². The van der Waals surface area contributed by atoms with Gasteiger partial charge in [-0.3, -0.25) is 9.69 Å². The predicted octanol–water partition coefficient (Wildman–Crippen LogP) is 0.633. The number of carbonyl (C=O) groups excluding carboxylic acids is 1. The predicted molar refractivity (Wildman–Crippen MR) is 55.5 cm³/mol. The van der Waals surface area contributed by atoms with Crippen molar-refractivity contribution >= 4 is 5.91 Å². The van der Waals surface area contributed by atoms with Gasteiger partial charge in [-0.25, -0.2) is 0 Å². The zero-order valence-corrected chi connectivity index (χ0v) is 9.72. The highest BCUT2D eigenvalue weighted by molar-refractivity contribution is 5.77. The van der Waals surface area contributed by atoms with Crippen LogP contribution in [0.25, 0.3) is 0 Å². The van der Waals surface area contributed by atoms with Crippen molar-refractivity contribution in [2.24, 2.45) is 5.92 Å². The van der Waals surface area contributed by atoms with Crippen LogP contribution in [-0.4, -0.2) is 56.9 Å². The van der Waals surface area contributed by atoms with E-state index in [0.717, 1.165) is 0 Å². The van der Waals surface area contributed by atoms with Crippen LogP contribution in [-0.2, 0) is 9.53 Å². The maximum absolute atomic E-state index is 12.1. The standard InChI is InChI=1S/C10H17F3N2O2/c1-17-6-9(16)14-4-8-2-3-15(5-8)7-10(11,12)13/h8H,2-7H2,1H3,(H,14,16). The molecule has 1 aliphatic rings. The van der Waals surface area contributed by atoms with E-state index in [1.807, 2.05) is 0 Å². The van der Waals surface area contributed by atoms with Crippen molar-refractivity contribution in [1.29, 1.82) is 0 Å². The molecule has 0 saturated carbocycles. The molecular weight excluding hydrogens is 237 g/mol. The van der Waals surface area contributed by atoms with Crippen LogP contribution >= 0.6 is 0 Å². The first-order valence-electron chi connectivity index (χ1n) is 5.45. The number of nitrogens with zero attached hydrogens (tertiary/aromatic N) is 1. The molecule has 7 heteroatoms. The van der Waals surface area contributed by atoms with Gasteiger partial charge in [-0.1, -0.05) is 0 Å². The molecule has 0 radical (unpaired) electrons. The second kappa shape index (κ2) is 6.20. The van der Waals surface area contributed by atoms with E-state index in [9.17, 15) is 18.0 Å². The summed E-state index contributed by atoms with van der Waals surface area (Å²) in [5.74, 6) is -0.139. The third-order valence-electron chi connectivity index (χ3n) is 2.64. The molecule has 0 bridgehead atoms. The maximum Gasteiger partial charge on any atom is 0.401 e. The highest BCUT2D eigenvalue weighted by Gasteiger charge is 2.34. The number of methoxy groups -OCH3 is 1. The van der Waals surface area contributed by atoms with E-state index >= 15 is 0 Å². The monoisotopic (exact) mass is 254 g/mol. The number of rotatable bonds is 5. The van der Waals surface area contributed by atoms with Crippen molar-refractivity contribution in [2.45, 2.75) is 12.6 Å². The third-order valence-corrected chi connectivity index (χ3v) is 2.64. The molecule has 0 aromatic rings. The number of hydrogen-bond acceptors (Lipinski definition) is 3. The fourth-order valence-electron chi connectivity index (χ4n) is 1.92. The molecule has 1 saturated heterocycles. The van der Waals surface area contributed by atoms with Crippen LogP contribution in [0.1, 0.15) is 6.42 Å². The van der Waals surface area contributed by atoms with Gasteiger partial charge in [0.05, 0.1) is 6.54 Å². The zero-order valence-electron chi connectivity index (χ0n) is 9.72. The first-order chi connectivity index (χ1) is 7.90. The summed E-state index contributed by atoms with van der Waals surface area (Å²) in [4.78, 5) is 12.4. The number of hydrogen-bond donors (Lipinski definition) is 1. The van der Waals surface area contributed by atoms with Crippen molar-refractivity contribution < 1.29 is 22.7 Å². The van der Waals surface area contributed by atoms with Crippen LogP contribution in [0.15, 0.2) is 0 Å². The molecule has 0 aromatic carbocycles. The normalized spacial score (nSPS) is 21.8. The number of carbonyl (C=O) groups is 1. The van der Waals surface area contributed by atoms with Crippen molar-refractivity contribution in [3.63, 3.8) is 0 Å². The summed E-state index contributed by atoms with van der Waals surface area (Å²) in [6.45, 7) is 0.349. The largest absolute Gasteiger partial charge is 0.401 e. The molecule has 1 N–H and O–H groups in total. The molecule has 1 atom stereocenters. The Kier molecular flexibility index (Phi) is 5.20. The van der Waals surface area contributed by atoms with E-state index in [-0.39, 0.29) is 18.4 Å². The van der Waals surface area contributed by atoms with Gasteiger partial charge in [-0.2, -0.15) is 13.2 Å². The first-order valence-corrected chi connectivity index (χ1v) is 5.45. The molecule has 1 fully saturated rings. The molecule has 1 unspecified atom stereocenters. The quantitative estimate of drug-likeness (QED) is 0.782. The number of nitrogens with one attached hydrogen (secondary N) is 1. The highest BCUT2D eigenvalue weighted by atomic mass is 19.4. The summed E-state index contributed by atoms with van der Waals surface area (Å²) in [5, 5.41) is 2.64. The summed E-state index contributed by atoms with van der Waals surface area (Å²) < 4.78 is 41.0. The van der Waals surface area contributed by atoms with Crippen LogP contribution in [0.4, 0.5) is 13.2 Å². The minimum atomic E-state index is -4.14. The van der Waals surface area contributed by atoms with Crippen molar-refractivity contribution in [1.82, 2.24) is 10.2 Å². The summed E-state index contributed by atoms with van der Waals surface area (Å²) >= 11 is 0. The number of likely N-dealkylation sites (tertiary alicyclic amines) is 1. The minimum absolute atomic E-state index is 0.0149. The lowest BCUT2D eigenvalue weighted by molar-refractivity contribution is -0.143. The van der Waals surface area contributed by atoms with Crippen molar-refractivity contribution in [3.8, 4) is 0 Å². The molecular formula is C10H17F3N2O2. The second-order valence-corrected chi connectivity index (χ2v) is 4.24. The average Bonchev–Trinajstić information content (AvgIpc) is 2.60. The van der Waals surface area contributed by atoms with Gasteiger partial charge in [0, 0.05) is 20.2 Å². The van der Waals surface area contributed by atoms with Crippen LogP contribution in [0.3, 0.4) is 0 Å².